The van der Waals surface area contributed by atoms with Crippen molar-refractivity contribution in [2.45, 2.75) is 29.8 Å². The van der Waals surface area contributed by atoms with Crippen LogP contribution in [-0.2, 0) is 6.54 Å². The van der Waals surface area contributed by atoms with Gasteiger partial charge in [-0.15, -0.1) is 11.3 Å². The molecule has 0 aliphatic rings. The fraction of sp³-hybridized carbons (Fsp3) is 0.250. The van der Waals surface area contributed by atoms with Gasteiger partial charge in [-0.25, -0.2) is 9.78 Å². The third-order valence-electron chi connectivity index (χ3n) is 2.35. The van der Waals surface area contributed by atoms with Gasteiger partial charge in [-0.2, -0.15) is 0 Å². The third-order valence-corrected chi connectivity index (χ3v) is 4.36. The summed E-state index contributed by atoms with van der Waals surface area (Å²) in [5, 5.41) is 10.9. The molecule has 0 saturated carbocycles. The van der Waals surface area contributed by atoms with Crippen molar-refractivity contribution in [2.24, 2.45) is 0 Å². The molecule has 0 fully saturated rings. The molecule has 1 N–H and O–H groups in total. The third kappa shape index (κ3) is 3.24. The molecule has 0 aliphatic heterocycles. The Bertz CT molecular complexity index is 648. The molecule has 100 valence electrons. The Kier molecular flexibility index (Phi) is 4.39. The average Bonchev–Trinajstić information content (AvgIpc) is 2.83. The molecule has 2 rings (SSSR count). The molecule has 0 amide bonds. The number of hydrogen-bond acceptors (Lipinski definition) is 5. The monoisotopic (exact) mass is 296 g/mol. The highest BCUT2D eigenvalue weighted by Crippen LogP contribution is 2.28. The lowest BCUT2D eigenvalue weighted by Gasteiger charge is -2.04. The molecule has 0 spiro atoms. The number of carboxylic acid groups (broad SMARTS) is 1. The van der Waals surface area contributed by atoms with E-state index in [0.717, 1.165) is 22.7 Å². The Labute approximate surface area is 117 Å². The lowest BCUT2D eigenvalue weighted by atomic mass is 10.5. The summed E-state index contributed by atoms with van der Waals surface area (Å²) < 4.78 is 1.61. The van der Waals surface area contributed by atoms with E-state index in [-0.39, 0.29) is 10.4 Å². The second kappa shape index (κ2) is 6.03. The van der Waals surface area contributed by atoms with Gasteiger partial charge in [-0.3, -0.25) is 4.79 Å². The van der Waals surface area contributed by atoms with E-state index in [1.54, 1.807) is 28.4 Å². The zero-order valence-electron chi connectivity index (χ0n) is 10.2. The maximum absolute atomic E-state index is 12.1. The lowest BCUT2D eigenvalue weighted by molar-refractivity contribution is 0.0702. The smallest absolute Gasteiger partial charge is 0.345 e. The molecule has 2 heterocycles. The Morgan fingerprint density at radius 3 is 3.00 bits per heavy atom. The summed E-state index contributed by atoms with van der Waals surface area (Å²) >= 11 is 2.34. The molecule has 2 aromatic heterocycles. The van der Waals surface area contributed by atoms with Crippen molar-refractivity contribution in [3.63, 3.8) is 0 Å². The van der Waals surface area contributed by atoms with E-state index in [1.807, 2.05) is 6.92 Å². The van der Waals surface area contributed by atoms with E-state index in [2.05, 4.69) is 4.98 Å². The van der Waals surface area contributed by atoms with Crippen LogP contribution in [0.25, 0.3) is 0 Å². The number of aromatic nitrogens is 2. The van der Waals surface area contributed by atoms with E-state index >= 15 is 0 Å². The van der Waals surface area contributed by atoms with Gasteiger partial charge in [0, 0.05) is 29.2 Å². The van der Waals surface area contributed by atoms with E-state index in [4.69, 9.17) is 5.11 Å². The summed E-state index contributed by atoms with van der Waals surface area (Å²) in [6.07, 6.45) is 4.12. The standard InChI is InChI=1S/C12H12N2O3S2/c1-2-4-14-5-3-13-10(11(14)15)19-8-6-9(12(16)17)18-7-8/h3,5-7H,2,4H2,1H3,(H,16,17). The Hall–Kier alpha value is -1.60. The second-order valence-corrected chi connectivity index (χ2v) is 5.76. The number of rotatable bonds is 5. The van der Waals surface area contributed by atoms with Gasteiger partial charge in [0.15, 0.2) is 5.03 Å². The fourth-order valence-electron chi connectivity index (χ4n) is 1.51. The SMILES string of the molecule is CCCn1ccnc(Sc2csc(C(=O)O)c2)c1=O. The van der Waals surface area contributed by atoms with Gasteiger partial charge in [0.1, 0.15) is 4.88 Å². The van der Waals surface area contributed by atoms with E-state index in [9.17, 15) is 9.59 Å². The Balaban J connectivity index is 2.25. The molecule has 0 aliphatic carbocycles. The number of thiophene rings is 1. The largest absolute Gasteiger partial charge is 0.477 e. The van der Waals surface area contributed by atoms with E-state index in [1.165, 1.54) is 11.8 Å². The number of carbonyl (C=O) groups is 1. The van der Waals surface area contributed by atoms with Gasteiger partial charge in [0.25, 0.3) is 5.56 Å². The lowest BCUT2D eigenvalue weighted by Crippen LogP contribution is -2.21. The van der Waals surface area contributed by atoms with Crippen molar-refractivity contribution in [1.82, 2.24) is 9.55 Å². The highest BCUT2D eigenvalue weighted by atomic mass is 32.2. The van der Waals surface area contributed by atoms with Gasteiger partial charge in [0.2, 0.25) is 0 Å². The first kappa shape index (κ1) is 13.8. The molecule has 7 heteroatoms. The molecular formula is C12H12N2O3S2. The number of aromatic carboxylic acids is 1. The molecule has 0 atom stereocenters. The molecule has 5 nitrogen and oxygen atoms in total. The minimum atomic E-state index is -0.957. The van der Waals surface area contributed by atoms with Crippen LogP contribution in [0.15, 0.2) is 38.6 Å². The predicted molar refractivity (Wildman–Crippen MR) is 74.2 cm³/mol. The molecule has 0 radical (unpaired) electrons. The zero-order valence-corrected chi connectivity index (χ0v) is 11.8. The van der Waals surface area contributed by atoms with Crippen LogP contribution in [0.4, 0.5) is 0 Å². The van der Waals surface area contributed by atoms with Crippen LogP contribution in [0.3, 0.4) is 0 Å². The van der Waals surface area contributed by atoms with Crippen LogP contribution in [0.1, 0.15) is 23.0 Å². The van der Waals surface area contributed by atoms with Crippen LogP contribution in [-0.4, -0.2) is 20.6 Å². The fourth-order valence-corrected chi connectivity index (χ4v) is 3.25. The van der Waals surface area contributed by atoms with Crippen molar-refractivity contribution in [2.75, 3.05) is 0 Å². The van der Waals surface area contributed by atoms with Crippen LogP contribution in [0.5, 0.6) is 0 Å². The highest BCUT2D eigenvalue weighted by molar-refractivity contribution is 7.99. The van der Waals surface area contributed by atoms with Crippen molar-refractivity contribution in [3.8, 4) is 0 Å². The number of aryl methyl sites for hydroxylation is 1. The van der Waals surface area contributed by atoms with Crippen molar-refractivity contribution in [1.29, 1.82) is 0 Å². The average molecular weight is 296 g/mol. The van der Waals surface area contributed by atoms with Crippen molar-refractivity contribution >= 4 is 29.1 Å². The predicted octanol–water partition coefficient (Wildman–Crippen LogP) is 2.56. The summed E-state index contributed by atoms with van der Waals surface area (Å²) in [6.45, 7) is 2.65. The molecule has 0 unspecified atom stereocenters. The van der Waals surface area contributed by atoms with Crippen molar-refractivity contribution < 1.29 is 9.90 Å². The number of hydrogen-bond donors (Lipinski definition) is 1. The summed E-state index contributed by atoms with van der Waals surface area (Å²) in [7, 11) is 0. The maximum atomic E-state index is 12.1. The molecule has 19 heavy (non-hydrogen) atoms. The first-order valence-electron chi connectivity index (χ1n) is 5.67. The van der Waals surface area contributed by atoms with Crippen molar-refractivity contribution in [3.05, 3.63) is 39.1 Å². The number of nitrogens with zero attached hydrogens (tertiary/aromatic N) is 2. The summed E-state index contributed by atoms with van der Waals surface area (Å²) in [5.74, 6) is -0.957. The van der Waals surface area contributed by atoms with Gasteiger partial charge in [0.05, 0.1) is 0 Å². The second-order valence-electron chi connectivity index (χ2n) is 3.78. The first-order valence-corrected chi connectivity index (χ1v) is 7.36. The van der Waals surface area contributed by atoms with Crippen LogP contribution < -0.4 is 5.56 Å². The normalized spacial score (nSPS) is 10.6. The zero-order chi connectivity index (χ0) is 13.8. The molecular weight excluding hydrogens is 284 g/mol. The molecule has 2 aromatic rings. The molecule has 0 aromatic carbocycles. The van der Waals surface area contributed by atoms with E-state index in [0.29, 0.717) is 11.6 Å². The highest BCUT2D eigenvalue weighted by Gasteiger charge is 2.11. The van der Waals surface area contributed by atoms with Crippen LogP contribution >= 0.6 is 23.1 Å². The maximum Gasteiger partial charge on any atom is 0.345 e. The Morgan fingerprint density at radius 2 is 2.37 bits per heavy atom. The van der Waals surface area contributed by atoms with Crippen LogP contribution in [0, 0.1) is 0 Å². The summed E-state index contributed by atoms with van der Waals surface area (Å²) in [6, 6.07) is 1.55. The number of carboxylic acids is 1. The summed E-state index contributed by atoms with van der Waals surface area (Å²) in [5.41, 5.74) is -0.141. The quantitative estimate of drug-likeness (QED) is 0.918. The first-order chi connectivity index (χ1) is 9.11. The minimum Gasteiger partial charge on any atom is -0.477 e. The van der Waals surface area contributed by atoms with Gasteiger partial charge in [-0.1, -0.05) is 18.7 Å². The van der Waals surface area contributed by atoms with Gasteiger partial charge < -0.3 is 9.67 Å². The van der Waals surface area contributed by atoms with E-state index < -0.39 is 5.97 Å². The topological polar surface area (TPSA) is 72.2 Å². The molecule has 0 bridgehead atoms. The van der Waals surface area contributed by atoms with Gasteiger partial charge in [-0.05, 0) is 12.5 Å². The minimum absolute atomic E-state index is 0.141. The van der Waals surface area contributed by atoms with Crippen LogP contribution in [0.2, 0.25) is 0 Å². The van der Waals surface area contributed by atoms with Gasteiger partial charge >= 0.3 is 5.97 Å². The molecule has 0 saturated heterocycles. The Morgan fingerprint density at radius 1 is 1.58 bits per heavy atom. The summed E-state index contributed by atoms with van der Waals surface area (Å²) in [4.78, 5) is 27.9.